The Morgan fingerprint density at radius 2 is 1.83 bits per heavy atom. The topological polar surface area (TPSA) is 64.8 Å². The number of fused-ring (bicyclic) bond motifs is 1. The molecule has 2 atom stereocenters. The second-order valence-electron chi connectivity index (χ2n) is 6.57. The Morgan fingerprint density at radius 3 is 2.48 bits per heavy atom. The molecule has 2 aliphatic rings. The van der Waals surface area contributed by atoms with Crippen molar-refractivity contribution in [3.63, 3.8) is 0 Å². The number of benzene rings is 1. The van der Waals surface area contributed by atoms with Crippen LogP contribution in [0.25, 0.3) is 0 Å². The summed E-state index contributed by atoms with van der Waals surface area (Å²) in [6, 6.07) is 4.48. The van der Waals surface area contributed by atoms with Gasteiger partial charge in [-0.15, -0.1) is 0 Å². The smallest absolute Gasteiger partial charge is 0.227 e. The number of nitrogens with two attached hydrogens (primary N) is 1. The van der Waals surface area contributed by atoms with Crippen molar-refractivity contribution in [2.45, 2.75) is 50.6 Å². The summed E-state index contributed by atoms with van der Waals surface area (Å²) in [5.74, 6) is 1.62. The lowest BCUT2D eigenvalue weighted by molar-refractivity contribution is -0.133. The van der Waals surface area contributed by atoms with Crippen molar-refractivity contribution in [3.05, 3.63) is 23.3 Å². The summed E-state index contributed by atoms with van der Waals surface area (Å²) in [6.07, 6.45) is 5.48. The van der Waals surface area contributed by atoms with Crippen LogP contribution in [-0.2, 0) is 17.6 Å². The number of hydrogen-bond donors (Lipinski definition) is 1. The van der Waals surface area contributed by atoms with Crippen LogP contribution in [0, 0.1) is 0 Å². The molecule has 0 saturated heterocycles. The van der Waals surface area contributed by atoms with Gasteiger partial charge in [0, 0.05) is 18.6 Å². The molecule has 1 aliphatic carbocycles. The molecule has 1 aromatic rings. The minimum Gasteiger partial charge on any atom is -0.493 e. The summed E-state index contributed by atoms with van der Waals surface area (Å²) in [5.41, 5.74) is 8.34. The number of carbonyl (C=O) groups excluding carboxylic acids is 1. The first-order chi connectivity index (χ1) is 11.1. The Hall–Kier alpha value is -1.75. The second-order valence-corrected chi connectivity index (χ2v) is 6.57. The highest BCUT2D eigenvalue weighted by Gasteiger charge is 2.30. The van der Waals surface area contributed by atoms with Gasteiger partial charge in [-0.25, -0.2) is 0 Å². The number of carbonyl (C=O) groups is 1. The standard InChI is InChI=1S/C18H26N2O3/c1-22-16-8-12-6-7-20(15-5-3-4-14(19)11-15)18(21)10-13(12)9-17(16)23-2/h8-9,14-15H,3-7,10-11,19H2,1-2H3/t14-,15-/m1/s1. The molecular weight excluding hydrogens is 292 g/mol. The Kier molecular flexibility index (Phi) is 4.76. The van der Waals surface area contributed by atoms with Gasteiger partial charge in [0.15, 0.2) is 11.5 Å². The van der Waals surface area contributed by atoms with E-state index in [1.54, 1.807) is 14.2 Å². The predicted octanol–water partition coefficient (Wildman–Crippen LogP) is 1.90. The predicted molar refractivity (Wildman–Crippen MR) is 88.9 cm³/mol. The molecule has 1 aliphatic heterocycles. The van der Waals surface area contributed by atoms with Crippen LogP contribution < -0.4 is 15.2 Å². The molecule has 0 unspecified atom stereocenters. The van der Waals surface area contributed by atoms with E-state index >= 15 is 0 Å². The minimum atomic E-state index is 0.204. The van der Waals surface area contributed by atoms with Gasteiger partial charge < -0.3 is 20.1 Å². The number of amides is 1. The van der Waals surface area contributed by atoms with E-state index in [-0.39, 0.29) is 11.9 Å². The van der Waals surface area contributed by atoms with Crippen molar-refractivity contribution in [1.29, 1.82) is 0 Å². The Balaban J connectivity index is 1.83. The molecule has 1 heterocycles. The lowest BCUT2D eigenvalue weighted by Gasteiger charge is -2.36. The molecule has 0 aromatic heterocycles. The van der Waals surface area contributed by atoms with Crippen LogP contribution in [-0.4, -0.2) is 43.7 Å². The third kappa shape index (κ3) is 3.29. The lowest BCUT2D eigenvalue weighted by Crippen LogP contribution is -2.46. The molecular formula is C18H26N2O3. The minimum absolute atomic E-state index is 0.204. The fraction of sp³-hybridized carbons (Fsp3) is 0.611. The summed E-state index contributed by atoms with van der Waals surface area (Å²) in [5, 5.41) is 0. The average molecular weight is 318 g/mol. The highest BCUT2D eigenvalue weighted by atomic mass is 16.5. The van der Waals surface area contributed by atoms with Gasteiger partial charge in [-0.05, 0) is 55.4 Å². The maximum absolute atomic E-state index is 12.8. The van der Waals surface area contributed by atoms with E-state index in [9.17, 15) is 4.79 Å². The maximum Gasteiger partial charge on any atom is 0.227 e. The molecule has 5 nitrogen and oxygen atoms in total. The van der Waals surface area contributed by atoms with Crippen molar-refractivity contribution in [2.24, 2.45) is 5.73 Å². The van der Waals surface area contributed by atoms with Crippen LogP contribution >= 0.6 is 0 Å². The molecule has 0 spiro atoms. The van der Waals surface area contributed by atoms with Gasteiger partial charge in [0.05, 0.1) is 20.6 Å². The summed E-state index contributed by atoms with van der Waals surface area (Å²) in [7, 11) is 3.26. The second kappa shape index (κ2) is 6.79. The molecule has 3 rings (SSSR count). The highest BCUT2D eigenvalue weighted by molar-refractivity contribution is 5.80. The molecule has 23 heavy (non-hydrogen) atoms. The Bertz CT molecular complexity index is 588. The van der Waals surface area contributed by atoms with E-state index in [1.165, 1.54) is 5.56 Å². The van der Waals surface area contributed by atoms with Crippen LogP contribution in [0.15, 0.2) is 12.1 Å². The summed E-state index contributed by atoms with van der Waals surface area (Å²) in [4.78, 5) is 14.8. The van der Waals surface area contributed by atoms with Crippen LogP contribution in [0.2, 0.25) is 0 Å². The van der Waals surface area contributed by atoms with E-state index in [0.717, 1.165) is 50.0 Å². The van der Waals surface area contributed by atoms with Crippen molar-refractivity contribution in [3.8, 4) is 11.5 Å². The fourth-order valence-electron chi connectivity index (χ4n) is 3.86. The largest absolute Gasteiger partial charge is 0.493 e. The highest BCUT2D eigenvalue weighted by Crippen LogP contribution is 2.33. The zero-order valence-corrected chi connectivity index (χ0v) is 14.0. The molecule has 0 bridgehead atoms. The molecule has 5 heteroatoms. The van der Waals surface area contributed by atoms with Crippen molar-refractivity contribution < 1.29 is 14.3 Å². The van der Waals surface area contributed by atoms with Crippen LogP contribution in [0.1, 0.15) is 36.8 Å². The first-order valence-electron chi connectivity index (χ1n) is 8.41. The molecule has 126 valence electrons. The summed E-state index contributed by atoms with van der Waals surface area (Å²) >= 11 is 0. The summed E-state index contributed by atoms with van der Waals surface area (Å²) < 4.78 is 10.8. The van der Waals surface area contributed by atoms with Gasteiger partial charge in [-0.2, -0.15) is 0 Å². The van der Waals surface area contributed by atoms with Crippen molar-refractivity contribution in [1.82, 2.24) is 4.90 Å². The van der Waals surface area contributed by atoms with E-state index in [4.69, 9.17) is 15.2 Å². The van der Waals surface area contributed by atoms with Gasteiger partial charge in [0.25, 0.3) is 0 Å². The third-order valence-corrected chi connectivity index (χ3v) is 5.12. The molecule has 1 saturated carbocycles. The van der Waals surface area contributed by atoms with E-state index in [2.05, 4.69) is 4.90 Å². The SMILES string of the molecule is COc1cc2c(cc1OC)CC(=O)N([C@@H]1CCC[C@@H](N)C1)CC2. The number of rotatable bonds is 3. The van der Waals surface area contributed by atoms with Crippen LogP contribution in [0.3, 0.4) is 0 Å². The fourth-order valence-corrected chi connectivity index (χ4v) is 3.86. The van der Waals surface area contributed by atoms with Crippen molar-refractivity contribution >= 4 is 5.91 Å². The first kappa shape index (κ1) is 16.1. The monoisotopic (exact) mass is 318 g/mol. The number of methoxy groups -OCH3 is 2. The van der Waals surface area contributed by atoms with Crippen LogP contribution in [0.4, 0.5) is 0 Å². The number of hydrogen-bond acceptors (Lipinski definition) is 4. The molecule has 0 radical (unpaired) electrons. The van der Waals surface area contributed by atoms with Crippen molar-refractivity contribution in [2.75, 3.05) is 20.8 Å². The third-order valence-electron chi connectivity index (χ3n) is 5.12. The summed E-state index contributed by atoms with van der Waals surface area (Å²) in [6.45, 7) is 0.763. The van der Waals surface area contributed by atoms with Gasteiger partial charge in [0.1, 0.15) is 0 Å². The molecule has 1 fully saturated rings. The van der Waals surface area contributed by atoms with Gasteiger partial charge in [-0.1, -0.05) is 0 Å². The normalized spacial score (nSPS) is 24.8. The first-order valence-corrected chi connectivity index (χ1v) is 8.41. The Labute approximate surface area is 137 Å². The van der Waals surface area contributed by atoms with Crippen LogP contribution in [0.5, 0.6) is 11.5 Å². The van der Waals surface area contributed by atoms with Gasteiger partial charge in [0.2, 0.25) is 5.91 Å². The zero-order chi connectivity index (χ0) is 16.4. The maximum atomic E-state index is 12.8. The Morgan fingerprint density at radius 1 is 1.13 bits per heavy atom. The van der Waals surface area contributed by atoms with E-state index in [1.807, 2.05) is 12.1 Å². The quantitative estimate of drug-likeness (QED) is 0.924. The van der Waals surface area contributed by atoms with Gasteiger partial charge >= 0.3 is 0 Å². The number of ether oxygens (including phenoxy) is 2. The lowest BCUT2D eigenvalue weighted by atomic mass is 9.90. The number of nitrogens with zero attached hydrogens (tertiary/aromatic N) is 1. The molecule has 2 N–H and O–H groups in total. The van der Waals surface area contributed by atoms with E-state index < -0.39 is 0 Å². The average Bonchev–Trinajstić information content (AvgIpc) is 2.71. The molecule has 1 aromatic carbocycles. The van der Waals surface area contributed by atoms with E-state index in [0.29, 0.717) is 18.2 Å². The van der Waals surface area contributed by atoms with Gasteiger partial charge in [-0.3, -0.25) is 4.79 Å². The zero-order valence-electron chi connectivity index (χ0n) is 14.0. The molecule has 1 amide bonds.